The molecule has 0 bridgehead atoms. The molecule has 1 aliphatic rings. The number of carbonyl (C=O) groups excluding carboxylic acids is 1. The molecule has 1 heterocycles. The van der Waals surface area contributed by atoms with Gasteiger partial charge in [-0.15, -0.1) is 0 Å². The molecule has 7 heteroatoms. The van der Waals surface area contributed by atoms with Crippen LogP contribution in [-0.4, -0.2) is 63.2 Å². The molecule has 1 fully saturated rings. The standard InChI is InChI=1S/C15H25NO6/c1-15(2,3)22-14(21)16-8-10(12(18)9-16)5-4-6-11(17)7-13(19)20/h5,10-12,17-18H,4,6-9H2,1-3H3/p+1. The molecule has 0 aromatic carbocycles. The Morgan fingerprint density at radius 3 is 2.55 bits per heavy atom. The zero-order valence-corrected chi connectivity index (χ0v) is 13.4. The van der Waals surface area contributed by atoms with Gasteiger partial charge in [0, 0.05) is 6.42 Å². The van der Waals surface area contributed by atoms with E-state index in [-0.39, 0.29) is 18.9 Å². The van der Waals surface area contributed by atoms with Crippen LogP contribution in [0.15, 0.2) is 0 Å². The fourth-order valence-electron chi connectivity index (χ4n) is 2.33. The maximum atomic E-state index is 11.9. The third-order valence-electron chi connectivity index (χ3n) is 3.36. The summed E-state index contributed by atoms with van der Waals surface area (Å²) in [6.45, 7) is 5.93. The van der Waals surface area contributed by atoms with Gasteiger partial charge in [0.25, 0.3) is 0 Å². The number of carboxylic acid groups (broad SMARTS) is 1. The molecule has 3 N–H and O–H groups in total. The lowest BCUT2D eigenvalue weighted by Gasteiger charge is -2.23. The molecule has 0 radical (unpaired) electrons. The Labute approximate surface area is 130 Å². The van der Waals surface area contributed by atoms with Crippen molar-refractivity contribution in [3.63, 3.8) is 0 Å². The highest BCUT2D eigenvalue weighted by Crippen LogP contribution is 2.24. The summed E-state index contributed by atoms with van der Waals surface area (Å²) in [6, 6.07) is 0. The molecule has 0 aromatic rings. The second-order valence-corrected chi connectivity index (χ2v) is 6.68. The molecule has 0 aliphatic carbocycles. The summed E-state index contributed by atoms with van der Waals surface area (Å²) in [4.78, 5) is 23.8. The van der Waals surface area contributed by atoms with E-state index in [9.17, 15) is 19.8 Å². The number of hydrogen-bond acceptors (Lipinski definition) is 5. The number of β-amino-alcohol motifs (C(OH)–C–C–N with tert-alkyl or cyclic N) is 1. The molecule has 0 spiro atoms. The summed E-state index contributed by atoms with van der Waals surface area (Å²) in [5.74, 6) is -1.23. The van der Waals surface area contributed by atoms with E-state index < -0.39 is 29.9 Å². The van der Waals surface area contributed by atoms with Crippen molar-refractivity contribution < 1.29 is 29.6 Å². The summed E-state index contributed by atoms with van der Waals surface area (Å²) in [6.07, 6.45) is 0.345. The maximum absolute atomic E-state index is 11.9. The highest BCUT2D eigenvalue weighted by atomic mass is 16.6. The van der Waals surface area contributed by atoms with Gasteiger partial charge in [0.05, 0.1) is 38.5 Å². The second-order valence-electron chi connectivity index (χ2n) is 6.68. The van der Waals surface area contributed by atoms with Crippen LogP contribution in [0.2, 0.25) is 0 Å². The quantitative estimate of drug-likeness (QED) is 0.632. The largest absolute Gasteiger partial charge is 0.481 e. The normalized spacial score (nSPS) is 23.2. The van der Waals surface area contributed by atoms with Crippen LogP contribution in [0.4, 0.5) is 4.79 Å². The summed E-state index contributed by atoms with van der Waals surface area (Å²) >= 11 is 0. The second kappa shape index (κ2) is 7.69. The van der Waals surface area contributed by atoms with Crippen LogP contribution in [0.5, 0.6) is 0 Å². The summed E-state index contributed by atoms with van der Waals surface area (Å²) in [7, 11) is 0. The van der Waals surface area contributed by atoms with E-state index in [1.165, 1.54) is 4.90 Å². The van der Waals surface area contributed by atoms with Gasteiger partial charge in [-0.1, -0.05) is 0 Å². The Kier molecular flexibility index (Phi) is 6.49. The first kappa shape index (κ1) is 18.6. The van der Waals surface area contributed by atoms with Crippen molar-refractivity contribution in [3.05, 3.63) is 6.42 Å². The maximum Gasteiger partial charge on any atom is 0.410 e. The molecule has 3 atom stereocenters. The molecule has 0 aromatic heterocycles. The van der Waals surface area contributed by atoms with Crippen LogP contribution < -0.4 is 0 Å². The molecule has 1 aliphatic heterocycles. The highest BCUT2D eigenvalue weighted by molar-refractivity contribution is 5.68. The monoisotopic (exact) mass is 316 g/mol. The number of carboxylic acids is 1. The van der Waals surface area contributed by atoms with Gasteiger partial charge in [0.15, 0.2) is 0 Å². The lowest BCUT2D eigenvalue weighted by molar-refractivity contribution is -0.139. The van der Waals surface area contributed by atoms with Crippen LogP contribution in [0, 0.1) is 12.3 Å². The van der Waals surface area contributed by atoms with Crippen molar-refractivity contribution in [2.24, 2.45) is 5.92 Å². The van der Waals surface area contributed by atoms with Gasteiger partial charge in [-0.3, -0.25) is 4.79 Å². The van der Waals surface area contributed by atoms with Gasteiger partial charge < -0.3 is 25.0 Å². The zero-order chi connectivity index (χ0) is 16.9. The van der Waals surface area contributed by atoms with Crippen molar-refractivity contribution in [2.45, 2.75) is 57.8 Å². The lowest BCUT2D eigenvalue weighted by Crippen LogP contribution is -2.35. The van der Waals surface area contributed by atoms with E-state index in [0.29, 0.717) is 19.4 Å². The average molecular weight is 316 g/mol. The van der Waals surface area contributed by atoms with E-state index in [1.54, 1.807) is 20.8 Å². The van der Waals surface area contributed by atoms with Crippen LogP contribution in [-0.2, 0) is 9.53 Å². The first-order valence-electron chi connectivity index (χ1n) is 7.47. The number of amides is 1. The Morgan fingerprint density at radius 1 is 1.36 bits per heavy atom. The molecular weight excluding hydrogens is 290 g/mol. The molecule has 126 valence electrons. The van der Waals surface area contributed by atoms with Crippen LogP contribution in [0.3, 0.4) is 0 Å². The number of rotatable bonds is 6. The molecule has 1 amide bonds. The van der Waals surface area contributed by atoms with E-state index in [0.717, 1.165) is 0 Å². The van der Waals surface area contributed by atoms with Crippen LogP contribution in [0.1, 0.15) is 40.0 Å². The summed E-state index contributed by atoms with van der Waals surface area (Å²) in [5, 5.41) is 28.0. The molecule has 1 saturated heterocycles. The summed E-state index contributed by atoms with van der Waals surface area (Å²) in [5.41, 5.74) is -0.579. The summed E-state index contributed by atoms with van der Waals surface area (Å²) < 4.78 is 5.26. The minimum atomic E-state index is -1.04. The van der Waals surface area contributed by atoms with Gasteiger partial charge in [-0.25, -0.2) is 4.79 Å². The number of aliphatic carboxylic acids is 1. The molecule has 22 heavy (non-hydrogen) atoms. The Balaban J connectivity index is 2.35. The third kappa shape index (κ3) is 6.53. The van der Waals surface area contributed by atoms with Gasteiger partial charge >= 0.3 is 12.1 Å². The fraction of sp³-hybridized carbons (Fsp3) is 0.800. The molecule has 3 unspecified atom stereocenters. The number of aliphatic hydroxyl groups excluding tert-OH is 2. The van der Waals surface area contributed by atoms with Gasteiger partial charge in [-0.05, 0) is 20.8 Å². The highest BCUT2D eigenvalue weighted by Gasteiger charge is 2.40. The topological polar surface area (TPSA) is 107 Å². The number of ether oxygens (including phenoxy) is 1. The Bertz CT molecular complexity index is 392. The number of carbonyl (C=O) groups is 2. The first-order valence-corrected chi connectivity index (χ1v) is 7.47. The average Bonchev–Trinajstić information content (AvgIpc) is 2.68. The lowest BCUT2D eigenvalue weighted by atomic mass is 9.97. The Hall–Kier alpha value is -1.47. The SMILES string of the molecule is CC(C)(C)OC(=O)N1CC(O)C([CH+]CCC(O)CC(=O)O)C1. The van der Waals surface area contributed by atoms with Crippen molar-refractivity contribution in [2.75, 3.05) is 13.1 Å². The minimum Gasteiger partial charge on any atom is -0.481 e. The van der Waals surface area contributed by atoms with E-state index >= 15 is 0 Å². The molecule has 1 rings (SSSR count). The van der Waals surface area contributed by atoms with Gasteiger partial charge in [0.2, 0.25) is 0 Å². The predicted molar refractivity (Wildman–Crippen MR) is 79.1 cm³/mol. The van der Waals surface area contributed by atoms with Crippen molar-refractivity contribution in [1.29, 1.82) is 0 Å². The molecule has 7 nitrogen and oxygen atoms in total. The van der Waals surface area contributed by atoms with E-state index in [1.807, 2.05) is 6.42 Å². The minimum absolute atomic E-state index is 0.190. The fourth-order valence-corrected chi connectivity index (χ4v) is 2.33. The number of hydrogen-bond donors (Lipinski definition) is 3. The van der Waals surface area contributed by atoms with E-state index in [2.05, 4.69) is 0 Å². The van der Waals surface area contributed by atoms with Gasteiger partial charge in [0.1, 0.15) is 17.6 Å². The Morgan fingerprint density at radius 2 is 2.00 bits per heavy atom. The molecule has 0 saturated carbocycles. The van der Waals surface area contributed by atoms with Crippen LogP contribution >= 0.6 is 0 Å². The predicted octanol–water partition coefficient (Wildman–Crippen LogP) is 1.03. The zero-order valence-electron chi connectivity index (χ0n) is 13.4. The van der Waals surface area contributed by atoms with Crippen molar-refractivity contribution in [1.82, 2.24) is 4.90 Å². The van der Waals surface area contributed by atoms with Gasteiger partial charge in [-0.2, -0.15) is 0 Å². The number of nitrogens with zero attached hydrogens (tertiary/aromatic N) is 1. The first-order chi connectivity index (χ1) is 10.1. The smallest absolute Gasteiger partial charge is 0.410 e. The van der Waals surface area contributed by atoms with E-state index in [4.69, 9.17) is 9.84 Å². The van der Waals surface area contributed by atoms with Crippen molar-refractivity contribution in [3.8, 4) is 0 Å². The third-order valence-corrected chi connectivity index (χ3v) is 3.36. The van der Waals surface area contributed by atoms with Crippen molar-refractivity contribution >= 4 is 12.1 Å². The molecular formula is C15H26NO6+. The number of likely N-dealkylation sites (tertiary alicyclic amines) is 1. The van der Waals surface area contributed by atoms with Crippen LogP contribution in [0.25, 0.3) is 0 Å². The number of aliphatic hydroxyl groups is 2.